The van der Waals surface area contributed by atoms with E-state index < -0.39 is 15.8 Å². The van der Waals surface area contributed by atoms with Gasteiger partial charge in [-0.25, -0.2) is 13.4 Å². The minimum atomic E-state index is -3.42. The maximum absolute atomic E-state index is 11.3. The third-order valence-corrected chi connectivity index (χ3v) is 2.71. The van der Waals surface area contributed by atoms with Crippen LogP contribution in [0.2, 0.25) is 0 Å². The molecule has 1 heterocycles. The number of sulfone groups is 1. The molecular formula is C8H12N2O4S. The summed E-state index contributed by atoms with van der Waals surface area (Å²) in [5.74, 6) is -0.516. The van der Waals surface area contributed by atoms with Crippen LogP contribution in [0.5, 0.6) is 0 Å². The van der Waals surface area contributed by atoms with E-state index in [2.05, 4.69) is 9.72 Å². The number of aromatic nitrogens is 2. The number of hydrogen-bond donors (Lipinski definition) is 0. The fourth-order valence-electron chi connectivity index (χ4n) is 1.14. The summed E-state index contributed by atoms with van der Waals surface area (Å²) in [6.45, 7) is 1.50. The van der Waals surface area contributed by atoms with Gasteiger partial charge in [-0.3, -0.25) is 4.79 Å². The Bertz CT molecular complexity index is 475. The predicted molar refractivity (Wildman–Crippen MR) is 52.1 cm³/mol. The maximum Gasteiger partial charge on any atom is 0.325 e. The lowest BCUT2D eigenvalue weighted by atomic mass is 10.5. The van der Waals surface area contributed by atoms with Crippen LogP contribution in [0, 0.1) is 6.92 Å². The molecule has 1 aromatic heterocycles. The van der Waals surface area contributed by atoms with Crippen LogP contribution in [0.15, 0.2) is 11.4 Å². The molecule has 7 heteroatoms. The molecule has 1 rings (SSSR count). The van der Waals surface area contributed by atoms with Crippen molar-refractivity contribution >= 4 is 15.8 Å². The normalized spacial score (nSPS) is 11.4. The van der Waals surface area contributed by atoms with Crippen molar-refractivity contribution in [1.82, 2.24) is 9.55 Å². The van der Waals surface area contributed by atoms with E-state index in [1.54, 1.807) is 6.92 Å². The van der Waals surface area contributed by atoms with Crippen molar-refractivity contribution in [3.8, 4) is 0 Å². The molecule has 15 heavy (non-hydrogen) atoms. The number of ether oxygens (including phenoxy) is 1. The lowest BCUT2D eigenvalue weighted by molar-refractivity contribution is -0.141. The number of methoxy groups -OCH3 is 1. The first-order chi connectivity index (χ1) is 6.84. The molecule has 0 amide bonds. The van der Waals surface area contributed by atoms with Gasteiger partial charge in [0.2, 0.25) is 15.0 Å². The standard InChI is InChI=1S/C8H12N2O4S/c1-6-4-10(5-7(11)14-2)8(9-6)15(3,12)13/h4H,5H2,1-3H3. The highest BCUT2D eigenvalue weighted by Gasteiger charge is 2.18. The predicted octanol–water partition coefficient (Wildman–Crippen LogP) is -0.232. The largest absolute Gasteiger partial charge is 0.468 e. The van der Waals surface area contributed by atoms with Crippen LogP contribution in [0.4, 0.5) is 0 Å². The van der Waals surface area contributed by atoms with Crippen LogP contribution >= 0.6 is 0 Å². The summed E-state index contributed by atoms with van der Waals surface area (Å²) in [7, 11) is -2.18. The SMILES string of the molecule is COC(=O)Cn1cc(C)nc1S(C)(=O)=O. The monoisotopic (exact) mass is 232 g/mol. The minimum absolute atomic E-state index is 0.120. The Balaban J connectivity index is 3.13. The third-order valence-electron chi connectivity index (χ3n) is 1.72. The van der Waals surface area contributed by atoms with Gasteiger partial charge in [0, 0.05) is 12.5 Å². The van der Waals surface area contributed by atoms with E-state index in [9.17, 15) is 13.2 Å². The summed E-state index contributed by atoms with van der Waals surface area (Å²) in [6.07, 6.45) is 2.54. The van der Waals surface area contributed by atoms with Crippen LogP contribution in [-0.4, -0.2) is 37.3 Å². The summed E-state index contributed by atoms with van der Waals surface area (Å²) in [4.78, 5) is 14.8. The quantitative estimate of drug-likeness (QED) is 0.672. The molecule has 6 nitrogen and oxygen atoms in total. The molecule has 0 saturated heterocycles. The molecule has 1 aromatic rings. The second-order valence-corrected chi connectivity index (χ2v) is 5.05. The summed E-state index contributed by atoms with van der Waals surface area (Å²) < 4.78 is 28.3. The highest BCUT2D eigenvalue weighted by Crippen LogP contribution is 2.09. The Kier molecular flexibility index (Phi) is 3.13. The summed E-state index contributed by atoms with van der Waals surface area (Å²) in [5, 5.41) is -0.120. The Hall–Kier alpha value is -1.37. The van der Waals surface area contributed by atoms with E-state index in [1.807, 2.05) is 0 Å². The molecule has 0 radical (unpaired) electrons. The lowest BCUT2D eigenvalue weighted by Gasteiger charge is -2.03. The number of imidazole rings is 1. The van der Waals surface area contributed by atoms with Gasteiger partial charge in [-0.15, -0.1) is 0 Å². The van der Waals surface area contributed by atoms with Gasteiger partial charge >= 0.3 is 5.97 Å². The van der Waals surface area contributed by atoms with Crippen molar-refractivity contribution in [2.24, 2.45) is 0 Å². The van der Waals surface area contributed by atoms with E-state index in [0.29, 0.717) is 5.69 Å². The molecule has 0 aliphatic heterocycles. The van der Waals surface area contributed by atoms with Crippen LogP contribution in [0.25, 0.3) is 0 Å². The van der Waals surface area contributed by atoms with Crippen LogP contribution in [0.1, 0.15) is 5.69 Å². The molecule has 0 unspecified atom stereocenters. The van der Waals surface area contributed by atoms with Gasteiger partial charge in [-0.1, -0.05) is 0 Å². The van der Waals surface area contributed by atoms with Crippen LogP contribution < -0.4 is 0 Å². The number of nitrogens with zero attached hydrogens (tertiary/aromatic N) is 2. The number of esters is 1. The van der Waals surface area contributed by atoms with Gasteiger partial charge in [0.1, 0.15) is 6.54 Å². The zero-order valence-corrected chi connectivity index (χ0v) is 9.54. The van der Waals surface area contributed by atoms with E-state index >= 15 is 0 Å². The number of carbonyl (C=O) groups excluding carboxylic acids is 1. The van der Waals surface area contributed by atoms with Gasteiger partial charge in [0.25, 0.3) is 0 Å². The summed E-state index contributed by atoms with van der Waals surface area (Å²) >= 11 is 0. The Morgan fingerprint density at radius 2 is 2.20 bits per heavy atom. The second kappa shape index (κ2) is 4.01. The van der Waals surface area contributed by atoms with Gasteiger partial charge in [0.15, 0.2) is 0 Å². The van der Waals surface area contributed by atoms with Crippen molar-refractivity contribution in [2.75, 3.05) is 13.4 Å². The minimum Gasteiger partial charge on any atom is -0.468 e. The molecule has 0 aliphatic rings. The summed E-state index contributed by atoms with van der Waals surface area (Å²) in [6, 6.07) is 0. The smallest absolute Gasteiger partial charge is 0.325 e. The van der Waals surface area contributed by atoms with E-state index in [-0.39, 0.29) is 11.7 Å². The third kappa shape index (κ3) is 2.79. The van der Waals surface area contributed by atoms with Gasteiger partial charge in [0.05, 0.1) is 12.8 Å². The fourth-order valence-corrected chi connectivity index (χ4v) is 1.99. The number of carbonyl (C=O) groups is 1. The Morgan fingerprint density at radius 1 is 1.60 bits per heavy atom. The van der Waals surface area contributed by atoms with E-state index in [0.717, 1.165) is 6.26 Å². The molecule has 0 saturated carbocycles. The van der Waals surface area contributed by atoms with Crippen LogP contribution in [0.3, 0.4) is 0 Å². The average molecular weight is 232 g/mol. The van der Waals surface area contributed by atoms with Gasteiger partial charge in [-0.2, -0.15) is 0 Å². The second-order valence-electron chi connectivity index (χ2n) is 3.14. The molecular weight excluding hydrogens is 220 g/mol. The molecule has 0 aromatic carbocycles. The molecule has 0 atom stereocenters. The summed E-state index contributed by atoms with van der Waals surface area (Å²) in [5.41, 5.74) is 0.541. The number of rotatable bonds is 3. The lowest BCUT2D eigenvalue weighted by Crippen LogP contribution is -2.15. The first-order valence-corrected chi connectivity index (χ1v) is 6.04. The van der Waals surface area contributed by atoms with Crippen LogP contribution in [-0.2, 0) is 25.9 Å². The molecule has 0 fully saturated rings. The first-order valence-electron chi connectivity index (χ1n) is 4.15. The van der Waals surface area contributed by atoms with Crippen molar-refractivity contribution in [3.05, 3.63) is 11.9 Å². The van der Waals surface area contributed by atoms with Crippen molar-refractivity contribution in [3.63, 3.8) is 0 Å². The molecule has 84 valence electrons. The van der Waals surface area contributed by atoms with Crippen molar-refractivity contribution < 1.29 is 17.9 Å². The first kappa shape index (κ1) is 11.7. The molecule has 0 N–H and O–H groups in total. The van der Waals surface area contributed by atoms with Crippen molar-refractivity contribution in [1.29, 1.82) is 0 Å². The fraction of sp³-hybridized carbons (Fsp3) is 0.500. The van der Waals surface area contributed by atoms with Gasteiger partial charge in [-0.05, 0) is 6.92 Å². The number of hydrogen-bond acceptors (Lipinski definition) is 5. The van der Waals surface area contributed by atoms with Gasteiger partial charge < -0.3 is 9.30 Å². The highest BCUT2D eigenvalue weighted by molar-refractivity contribution is 7.90. The molecule has 0 aliphatic carbocycles. The molecule has 0 bridgehead atoms. The van der Waals surface area contributed by atoms with Crippen molar-refractivity contribution in [2.45, 2.75) is 18.6 Å². The Labute approximate surface area is 87.8 Å². The highest BCUT2D eigenvalue weighted by atomic mass is 32.2. The number of aryl methyl sites for hydroxylation is 1. The zero-order chi connectivity index (χ0) is 11.6. The molecule has 0 spiro atoms. The van der Waals surface area contributed by atoms with E-state index in [4.69, 9.17) is 0 Å². The topological polar surface area (TPSA) is 78.3 Å². The Morgan fingerprint density at radius 3 is 2.67 bits per heavy atom. The van der Waals surface area contributed by atoms with E-state index in [1.165, 1.54) is 17.9 Å². The average Bonchev–Trinajstić information content (AvgIpc) is 2.45. The zero-order valence-electron chi connectivity index (χ0n) is 8.72. The maximum atomic E-state index is 11.3.